The number of carboxylic acids is 1. The lowest BCUT2D eigenvalue weighted by atomic mass is 9.72. The van der Waals surface area contributed by atoms with Crippen molar-refractivity contribution in [3.63, 3.8) is 0 Å². The van der Waals surface area contributed by atoms with Crippen LogP contribution in [0.1, 0.15) is 57.4 Å². The lowest BCUT2D eigenvalue weighted by Gasteiger charge is -2.44. The molecule has 0 bridgehead atoms. The topological polar surface area (TPSA) is 99.6 Å². The zero-order valence-electron chi connectivity index (χ0n) is 29.2. The number of rotatable bonds is 10. The van der Waals surface area contributed by atoms with Crippen LogP contribution in [0.25, 0.3) is 0 Å². The molecular formula is C38H38F7N3O6. The van der Waals surface area contributed by atoms with E-state index in [1.807, 2.05) is 18.2 Å². The molecule has 290 valence electrons. The third-order valence-electron chi connectivity index (χ3n) is 10.8. The largest absolute Gasteiger partial charge is 0.480 e. The number of carboxylic acid groups (broad SMARTS) is 1. The van der Waals surface area contributed by atoms with Gasteiger partial charge in [0.1, 0.15) is 31.3 Å². The zero-order valence-corrected chi connectivity index (χ0v) is 29.2. The standard InChI is InChI=1S/C38H38F7N3O6/c1-46(20-33(50)51)32(49)21-53-31-18-24-4-2-3-5-30(24)35(31)10-13-47(14-11-35)15-12-36(26-6-8-29(39)9-7-26)22-48(23-54-36)34(52)25-16-27(37(40,41)42)19-28(17-25)38(43,44)45/h2-9,16-17,19,31H,10-15,18,20-23H2,1H3,(H,50,51)/t31-,36+/m0/s1. The fourth-order valence-corrected chi connectivity index (χ4v) is 7.87. The van der Waals surface area contributed by atoms with Gasteiger partial charge in [0.25, 0.3) is 5.91 Å². The first-order chi connectivity index (χ1) is 25.4. The van der Waals surface area contributed by atoms with Crippen molar-refractivity contribution in [1.82, 2.24) is 14.7 Å². The molecule has 1 spiro atoms. The highest BCUT2D eigenvalue weighted by Crippen LogP contribution is 2.48. The highest BCUT2D eigenvalue weighted by molar-refractivity contribution is 5.95. The zero-order chi connectivity index (χ0) is 39.1. The monoisotopic (exact) mass is 765 g/mol. The molecule has 2 aliphatic heterocycles. The van der Waals surface area contributed by atoms with Crippen LogP contribution in [-0.2, 0) is 48.9 Å². The molecule has 2 heterocycles. The van der Waals surface area contributed by atoms with Gasteiger partial charge in [0.05, 0.1) is 23.8 Å². The van der Waals surface area contributed by atoms with Crippen LogP contribution in [0.2, 0.25) is 0 Å². The molecule has 3 aromatic rings. The average molecular weight is 766 g/mol. The second kappa shape index (κ2) is 14.9. The first kappa shape index (κ1) is 39.2. The number of benzene rings is 3. The molecule has 1 N–H and O–H groups in total. The second-order valence-electron chi connectivity index (χ2n) is 14.1. The second-order valence-corrected chi connectivity index (χ2v) is 14.1. The Bertz CT molecular complexity index is 1850. The number of amides is 2. The van der Waals surface area contributed by atoms with Crippen LogP contribution in [0, 0.1) is 5.82 Å². The molecule has 2 saturated heterocycles. The van der Waals surface area contributed by atoms with Crippen LogP contribution in [0.5, 0.6) is 0 Å². The predicted molar refractivity (Wildman–Crippen MR) is 179 cm³/mol. The van der Waals surface area contributed by atoms with Crippen molar-refractivity contribution >= 4 is 17.8 Å². The van der Waals surface area contributed by atoms with Gasteiger partial charge in [-0.2, -0.15) is 26.3 Å². The number of hydrogen-bond donors (Lipinski definition) is 1. The van der Waals surface area contributed by atoms with E-state index in [9.17, 15) is 45.1 Å². The van der Waals surface area contributed by atoms with Crippen LogP contribution in [0.3, 0.4) is 0 Å². The molecular weight excluding hydrogens is 727 g/mol. The summed E-state index contributed by atoms with van der Waals surface area (Å²) in [5.41, 5.74) is -2.96. The van der Waals surface area contributed by atoms with Crippen molar-refractivity contribution in [2.75, 3.05) is 53.1 Å². The number of carbonyl (C=O) groups excluding carboxylic acids is 2. The smallest absolute Gasteiger partial charge is 0.416 e. The normalized spacial score (nSPS) is 21.3. The van der Waals surface area contributed by atoms with Crippen molar-refractivity contribution in [2.24, 2.45) is 0 Å². The van der Waals surface area contributed by atoms with Gasteiger partial charge in [-0.3, -0.25) is 14.4 Å². The van der Waals surface area contributed by atoms with E-state index >= 15 is 0 Å². The number of likely N-dealkylation sites (N-methyl/N-ethyl adjacent to an activating group) is 1. The van der Waals surface area contributed by atoms with Crippen molar-refractivity contribution < 1.29 is 59.7 Å². The molecule has 9 nitrogen and oxygen atoms in total. The van der Waals surface area contributed by atoms with Crippen LogP contribution in [0.4, 0.5) is 30.7 Å². The maximum atomic E-state index is 14.0. The van der Waals surface area contributed by atoms with Gasteiger partial charge >= 0.3 is 18.3 Å². The number of hydrogen-bond acceptors (Lipinski definition) is 6. The minimum Gasteiger partial charge on any atom is -0.480 e. The van der Waals surface area contributed by atoms with Gasteiger partial charge in [-0.05, 0) is 85.8 Å². The van der Waals surface area contributed by atoms with E-state index in [1.54, 1.807) is 0 Å². The molecule has 0 aromatic heterocycles. The van der Waals surface area contributed by atoms with E-state index in [0.29, 0.717) is 56.6 Å². The van der Waals surface area contributed by atoms with Crippen LogP contribution < -0.4 is 0 Å². The van der Waals surface area contributed by atoms with Crippen molar-refractivity contribution in [3.8, 4) is 0 Å². The van der Waals surface area contributed by atoms with Gasteiger partial charge in [0, 0.05) is 24.6 Å². The van der Waals surface area contributed by atoms with Gasteiger partial charge in [0.2, 0.25) is 5.91 Å². The van der Waals surface area contributed by atoms with E-state index in [4.69, 9.17) is 14.6 Å². The molecule has 2 fully saturated rings. The predicted octanol–water partition coefficient (Wildman–Crippen LogP) is 6.10. The lowest BCUT2D eigenvalue weighted by molar-refractivity contribution is -0.147. The van der Waals surface area contributed by atoms with E-state index in [-0.39, 0.29) is 31.7 Å². The Labute approximate surface area is 306 Å². The number of carbonyl (C=O) groups is 3. The number of fused-ring (bicyclic) bond motifs is 2. The lowest BCUT2D eigenvalue weighted by Crippen LogP contribution is -2.50. The fourth-order valence-electron chi connectivity index (χ4n) is 7.87. The van der Waals surface area contributed by atoms with Crippen molar-refractivity contribution in [3.05, 3.63) is 106 Å². The molecule has 6 rings (SSSR count). The van der Waals surface area contributed by atoms with Gasteiger partial charge in [-0.15, -0.1) is 0 Å². The summed E-state index contributed by atoms with van der Waals surface area (Å²) in [5.74, 6) is -3.20. The summed E-state index contributed by atoms with van der Waals surface area (Å²) in [6, 6.07) is 14.1. The quantitative estimate of drug-likeness (QED) is 0.250. The van der Waals surface area contributed by atoms with Crippen LogP contribution in [0.15, 0.2) is 66.7 Å². The van der Waals surface area contributed by atoms with Crippen molar-refractivity contribution in [2.45, 2.75) is 55.2 Å². The highest BCUT2D eigenvalue weighted by atomic mass is 19.4. The Hall–Kier alpha value is -4.54. The Morgan fingerprint density at radius 2 is 1.57 bits per heavy atom. The van der Waals surface area contributed by atoms with Gasteiger partial charge in [0.15, 0.2) is 0 Å². The molecule has 3 aromatic carbocycles. The number of nitrogens with zero attached hydrogens (tertiary/aromatic N) is 3. The average Bonchev–Trinajstić information content (AvgIpc) is 3.69. The summed E-state index contributed by atoms with van der Waals surface area (Å²) in [5, 5.41) is 9.06. The molecule has 2 amide bonds. The Morgan fingerprint density at radius 3 is 2.19 bits per heavy atom. The molecule has 0 radical (unpaired) electrons. The summed E-state index contributed by atoms with van der Waals surface area (Å²) in [6.45, 7) is 0.239. The SMILES string of the molecule is CN(CC(=O)O)C(=O)CO[C@H]1Cc2ccccc2C12CCN(CC[C@]1(c3ccc(F)cc3)CN(C(=O)c3cc(C(F)(F)F)cc(C(F)(F)F)c3)CO1)CC2. The fraction of sp³-hybridized carbons (Fsp3) is 0.447. The van der Waals surface area contributed by atoms with E-state index in [0.717, 1.165) is 20.9 Å². The molecule has 54 heavy (non-hydrogen) atoms. The highest BCUT2D eigenvalue weighted by Gasteiger charge is 2.50. The van der Waals surface area contributed by atoms with Crippen molar-refractivity contribution in [1.29, 1.82) is 0 Å². The summed E-state index contributed by atoms with van der Waals surface area (Å²) < 4.78 is 108. The van der Waals surface area contributed by atoms with Gasteiger partial charge in [-0.1, -0.05) is 36.4 Å². The first-order valence-electron chi connectivity index (χ1n) is 17.3. The molecule has 16 heteroatoms. The van der Waals surface area contributed by atoms with Gasteiger partial charge < -0.3 is 29.3 Å². The third kappa shape index (κ3) is 8.10. The summed E-state index contributed by atoms with van der Waals surface area (Å²) in [4.78, 5) is 41.6. The number of likely N-dealkylation sites (tertiary alicyclic amines) is 1. The molecule has 0 saturated carbocycles. The molecule has 2 atom stereocenters. The number of halogens is 7. The number of alkyl halides is 6. The third-order valence-corrected chi connectivity index (χ3v) is 10.8. The van der Waals surface area contributed by atoms with Gasteiger partial charge in [-0.25, -0.2) is 4.39 Å². The maximum absolute atomic E-state index is 14.0. The Morgan fingerprint density at radius 1 is 0.944 bits per heavy atom. The van der Waals surface area contributed by atoms with E-state index < -0.39 is 76.9 Å². The number of ether oxygens (including phenoxy) is 2. The maximum Gasteiger partial charge on any atom is 0.416 e. The summed E-state index contributed by atoms with van der Waals surface area (Å²) in [7, 11) is 1.40. The van der Waals surface area contributed by atoms with Crippen LogP contribution in [-0.4, -0.2) is 96.8 Å². The van der Waals surface area contributed by atoms with Crippen LogP contribution >= 0.6 is 0 Å². The Balaban J connectivity index is 1.18. The Kier molecular flexibility index (Phi) is 10.8. The molecule has 0 unspecified atom stereocenters. The summed E-state index contributed by atoms with van der Waals surface area (Å²) >= 11 is 0. The number of aliphatic carboxylic acids is 1. The van der Waals surface area contributed by atoms with E-state index in [2.05, 4.69) is 11.0 Å². The minimum atomic E-state index is -5.13. The first-order valence-corrected chi connectivity index (χ1v) is 17.3. The molecule has 1 aliphatic carbocycles. The summed E-state index contributed by atoms with van der Waals surface area (Å²) in [6.07, 6.45) is -8.46. The van der Waals surface area contributed by atoms with E-state index in [1.165, 1.54) is 31.3 Å². The minimum absolute atomic E-state index is 0.0398. The number of piperidine rings is 1. The molecule has 3 aliphatic rings.